The molecule has 25 heavy (non-hydrogen) atoms. The number of hydrogen-bond donors (Lipinski definition) is 2. The maximum atomic E-state index is 12.5. The first-order valence-electron chi connectivity index (χ1n) is 8.85. The van der Waals surface area contributed by atoms with Crippen molar-refractivity contribution in [3.63, 3.8) is 0 Å². The molecule has 0 aliphatic carbocycles. The molecule has 0 atom stereocenters. The monoisotopic (exact) mass is 337 g/mol. The van der Waals surface area contributed by atoms with Crippen LogP contribution in [-0.2, 0) is 13.1 Å². The van der Waals surface area contributed by atoms with E-state index < -0.39 is 0 Å². The van der Waals surface area contributed by atoms with Crippen molar-refractivity contribution >= 4 is 11.7 Å². The van der Waals surface area contributed by atoms with Gasteiger partial charge in [0.2, 0.25) is 0 Å². The predicted octanol–water partition coefficient (Wildman–Crippen LogP) is 3.40. The highest BCUT2D eigenvalue weighted by Crippen LogP contribution is 2.30. The van der Waals surface area contributed by atoms with Gasteiger partial charge in [0, 0.05) is 38.3 Å². The van der Waals surface area contributed by atoms with E-state index in [1.165, 1.54) is 5.56 Å². The minimum absolute atomic E-state index is 0.0559. The third kappa shape index (κ3) is 3.46. The number of nitrogens with zero attached hydrogens (tertiary/aromatic N) is 2. The second kappa shape index (κ2) is 6.76. The highest BCUT2D eigenvalue weighted by Gasteiger charge is 2.31. The molecule has 130 valence electrons. The summed E-state index contributed by atoms with van der Waals surface area (Å²) in [4.78, 5) is 16.9. The highest BCUT2D eigenvalue weighted by atomic mass is 16.3. The summed E-state index contributed by atoms with van der Waals surface area (Å²) in [5.41, 5.74) is 3.12. The number of phenols is 1. The molecule has 2 heterocycles. The Hall–Kier alpha value is -2.53. The third-order valence-electron chi connectivity index (χ3n) is 5.18. The number of piperidine rings is 1. The van der Waals surface area contributed by atoms with Crippen molar-refractivity contribution in [3.05, 3.63) is 59.7 Å². The highest BCUT2D eigenvalue weighted by molar-refractivity contribution is 5.92. The average molecular weight is 337 g/mol. The number of urea groups is 1. The Labute approximate surface area is 147 Å². The third-order valence-corrected chi connectivity index (χ3v) is 5.18. The fourth-order valence-electron chi connectivity index (χ4n) is 3.79. The first-order chi connectivity index (χ1) is 12.2. The summed E-state index contributed by atoms with van der Waals surface area (Å²) in [6, 6.07) is 15.9. The summed E-state index contributed by atoms with van der Waals surface area (Å²) in [5.74, 6) is 0.182. The van der Waals surface area contributed by atoms with Gasteiger partial charge in [-0.15, -0.1) is 0 Å². The summed E-state index contributed by atoms with van der Waals surface area (Å²) in [7, 11) is 0. The zero-order chi connectivity index (χ0) is 17.2. The zero-order valence-corrected chi connectivity index (χ0v) is 14.2. The van der Waals surface area contributed by atoms with Gasteiger partial charge in [-0.1, -0.05) is 36.4 Å². The number of carbonyl (C=O) groups excluding carboxylic acids is 1. The second-order valence-electron chi connectivity index (χ2n) is 6.89. The van der Waals surface area contributed by atoms with Gasteiger partial charge in [-0.05, 0) is 30.0 Å². The molecule has 2 N–H and O–H groups in total. The van der Waals surface area contributed by atoms with E-state index in [0.29, 0.717) is 6.54 Å². The molecule has 2 aliphatic heterocycles. The van der Waals surface area contributed by atoms with E-state index >= 15 is 0 Å². The normalized spacial score (nSPS) is 18.7. The molecule has 2 aromatic carbocycles. The molecule has 0 radical (unpaired) electrons. The van der Waals surface area contributed by atoms with E-state index in [9.17, 15) is 9.90 Å². The quantitative estimate of drug-likeness (QED) is 0.902. The van der Waals surface area contributed by atoms with Gasteiger partial charge in [-0.3, -0.25) is 4.90 Å². The molecule has 4 rings (SSSR count). The molecule has 0 spiro atoms. The van der Waals surface area contributed by atoms with E-state index in [1.807, 2.05) is 17.0 Å². The van der Waals surface area contributed by atoms with Gasteiger partial charge in [-0.2, -0.15) is 0 Å². The van der Waals surface area contributed by atoms with Gasteiger partial charge < -0.3 is 15.3 Å². The van der Waals surface area contributed by atoms with E-state index in [-0.39, 0.29) is 17.8 Å². The molecule has 5 nitrogen and oxygen atoms in total. The Kier molecular flexibility index (Phi) is 4.32. The molecule has 2 aliphatic rings. The van der Waals surface area contributed by atoms with Crippen LogP contribution >= 0.6 is 0 Å². The predicted molar refractivity (Wildman–Crippen MR) is 97.4 cm³/mol. The topological polar surface area (TPSA) is 55.8 Å². The smallest absolute Gasteiger partial charge is 0.322 e. The van der Waals surface area contributed by atoms with Crippen molar-refractivity contribution < 1.29 is 9.90 Å². The number of amides is 2. The van der Waals surface area contributed by atoms with Crippen LogP contribution in [0.5, 0.6) is 5.75 Å². The van der Waals surface area contributed by atoms with Crippen molar-refractivity contribution in [2.45, 2.75) is 32.0 Å². The Morgan fingerprint density at radius 3 is 2.60 bits per heavy atom. The molecule has 0 saturated carbocycles. The van der Waals surface area contributed by atoms with Crippen molar-refractivity contribution in [2.24, 2.45) is 0 Å². The van der Waals surface area contributed by atoms with Crippen LogP contribution < -0.4 is 5.32 Å². The van der Waals surface area contributed by atoms with Gasteiger partial charge in [0.05, 0.1) is 5.69 Å². The lowest BCUT2D eigenvalue weighted by Gasteiger charge is -2.40. The number of nitrogens with one attached hydrogen (secondary N) is 1. The Morgan fingerprint density at radius 2 is 1.84 bits per heavy atom. The van der Waals surface area contributed by atoms with Gasteiger partial charge in [0.15, 0.2) is 0 Å². The first-order valence-corrected chi connectivity index (χ1v) is 8.85. The standard InChI is InChI=1S/C20H23N3O2/c24-18-7-6-16-14-23(20(25)21-19(16)12-18)17-8-10-22(11-9-17)13-15-4-2-1-3-5-15/h1-7,12,17,24H,8-11,13-14H2,(H,21,25). The summed E-state index contributed by atoms with van der Waals surface area (Å²) >= 11 is 0. The Bertz CT molecular complexity index is 755. The fraction of sp³-hybridized carbons (Fsp3) is 0.350. The molecule has 1 saturated heterocycles. The maximum Gasteiger partial charge on any atom is 0.322 e. The number of fused-ring (bicyclic) bond motifs is 1. The SMILES string of the molecule is O=C1Nc2cc(O)ccc2CN1C1CCN(Cc2ccccc2)CC1. The number of hydrogen-bond acceptors (Lipinski definition) is 3. The van der Waals surface area contributed by atoms with E-state index in [0.717, 1.165) is 43.7 Å². The van der Waals surface area contributed by atoms with Gasteiger partial charge >= 0.3 is 6.03 Å². The van der Waals surface area contributed by atoms with Gasteiger partial charge in [-0.25, -0.2) is 4.79 Å². The number of anilines is 1. The fourth-order valence-corrected chi connectivity index (χ4v) is 3.79. The minimum atomic E-state index is -0.0559. The number of benzene rings is 2. The molecule has 0 unspecified atom stereocenters. The number of likely N-dealkylation sites (tertiary alicyclic amines) is 1. The first kappa shape index (κ1) is 16.0. The van der Waals surface area contributed by atoms with Gasteiger partial charge in [0.1, 0.15) is 5.75 Å². The summed E-state index contributed by atoms with van der Waals surface area (Å²) in [6.45, 7) is 3.60. The van der Waals surface area contributed by atoms with Crippen LogP contribution in [0.1, 0.15) is 24.0 Å². The number of rotatable bonds is 3. The van der Waals surface area contributed by atoms with Crippen LogP contribution in [0.15, 0.2) is 48.5 Å². The molecular weight excluding hydrogens is 314 g/mol. The van der Waals surface area contributed by atoms with Crippen molar-refractivity contribution in [2.75, 3.05) is 18.4 Å². The number of carbonyl (C=O) groups is 1. The molecule has 5 heteroatoms. The van der Waals surface area contributed by atoms with Crippen LogP contribution in [0.25, 0.3) is 0 Å². The summed E-state index contributed by atoms with van der Waals surface area (Å²) in [5, 5.41) is 12.5. The molecule has 0 bridgehead atoms. The lowest BCUT2D eigenvalue weighted by atomic mass is 10.0. The van der Waals surface area contributed by atoms with Crippen molar-refractivity contribution in [3.8, 4) is 5.75 Å². The Morgan fingerprint density at radius 1 is 1.08 bits per heavy atom. The van der Waals surface area contributed by atoms with E-state index in [4.69, 9.17) is 0 Å². The van der Waals surface area contributed by atoms with Crippen molar-refractivity contribution in [1.82, 2.24) is 9.80 Å². The molecular formula is C20H23N3O2. The molecule has 2 amide bonds. The summed E-state index contributed by atoms with van der Waals surface area (Å²) in [6.07, 6.45) is 1.99. The maximum absolute atomic E-state index is 12.5. The second-order valence-corrected chi connectivity index (χ2v) is 6.89. The minimum Gasteiger partial charge on any atom is -0.508 e. The van der Waals surface area contributed by atoms with Crippen LogP contribution in [0.2, 0.25) is 0 Å². The zero-order valence-electron chi connectivity index (χ0n) is 14.2. The van der Waals surface area contributed by atoms with Crippen LogP contribution in [0, 0.1) is 0 Å². The van der Waals surface area contributed by atoms with Crippen LogP contribution in [0.3, 0.4) is 0 Å². The number of aromatic hydroxyl groups is 1. The molecule has 0 aromatic heterocycles. The largest absolute Gasteiger partial charge is 0.508 e. The van der Waals surface area contributed by atoms with E-state index in [2.05, 4.69) is 34.5 Å². The average Bonchev–Trinajstić information content (AvgIpc) is 2.63. The molecule has 1 fully saturated rings. The lowest BCUT2D eigenvalue weighted by Crippen LogP contribution is -2.50. The van der Waals surface area contributed by atoms with Crippen LogP contribution in [-0.4, -0.2) is 40.1 Å². The Balaban J connectivity index is 1.38. The number of phenolic OH excluding ortho intramolecular Hbond substituents is 1. The summed E-state index contributed by atoms with van der Waals surface area (Å²) < 4.78 is 0. The van der Waals surface area contributed by atoms with Crippen LogP contribution in [0.4, 0.5) is 10.5 Å². The van der Waals surface area contributed by atoms with E-state index in [1.54, 1.807) is 12.1 Å². The lowest BCUT2D eigenvalue weighted by molar-refractivity contribution is 0.118. The van der Waals surface area contributed by atoms with Crippen molar-refractivity contribution in [1.29, 1.82) is 0 Å². The molecule has 2 aromatic rings. The van der Waals surface area contributed by atoms with Gasteiger partial charge in [0.25, 0.3) is 0 Å².